The molecule has 0 spiro atoms. The Morgan fingerprint density at radius 3 is 2.58 bits per heavy atom. The minimum atomic E-state index is -0.00244. The molecule has 0 saturated carbocycles. The van der Waals surface area contributed by atoms with E-state index in [4.69, 9.17) is 9.47 Å². The maximum Gasteiger partial charge on any atom is 0.223 e. The summed E-state index contributed by atoms with van der Waals surface area (Å²) in [6, 6.07) is 0. The van der Waals surface area contributed by atoms with Crippen molar-refractivity contribution < 1.29 is 19.1 Å². The van der Waals surface area contributed by atoms with Crippen molar-refractivity contribution in [2.75, 3.05) is 46.6 Å². The summed E-state index contributed by atoms with van der Waals surface area (Å²) in [6.07, 6.45) is 1.57. The molecule has 0 aromatic carbocycles. The van der Waals surface area contributed by atoms with E-state index in [0.29, 0.717) is 39.5 Å². The Labute approximate surface area is 114 Å². The topological polar surface area (TPSA) is 67.9 Å². The summed E-state index contributed by atoms with van der Waals surface area (Å²) in [5.74, 6) is 0.120. The molecule has 0 unspecified atom stereocenters. The first kappa shape index (κ1) is 15.9. The average Bonchev–Trinajstić information content (AvgIpc) is 2.43. The Morgan fingerprint density at radius 1 is 1.32 bits per heavy atom. The number of amides is 2. The third-order valence-corrected chi connectivity index (χ3v) is 3.28. The van der Waals surface area contributed by atoms with Crippen LogP contribution in [0.25, 0.3) is 0 Å². The highest BCUT2D eigenvalue weighted by atomic mass is 16.5. The molecular formula is C13H24N2O4. The molecule has 0 bridgehead atoms. The van der Waals surface area contributed by atoms with Gasteiger partial charge in [-0.25, -0.2) is 0 Å². The summed E-state index contributed by atoms with van der Waals surface area (Å²) < 4.78 is 10.2. The maximum absolute atomic E-state index is 11.9. The molecule has 0 radical (unpaired) electrons. The summed E-state index contributed by atoms with van der Waals surface area (Å²) in [6.45, 7) is 4.91. The summed E-state index contributed by atoms with van der Waals surface area (Å²) in [5.41, 5.74) is 0. The van der Waals surface area contributed by atoms with Gasteiger partial charge in [0.1, 0.15) is 0 Å². The highest BCUT2D eigenvalue weighted by Gasteiger charge is 2.21. The minimum absolute atomic E-state index is 0.00244. The number of hydrogen-bond donors (Lipinski definition) is 1. The van der Waals surface area contributed by atoms with Gasteiger partial charge in [-0.15, -0.1) is 0 Å². The molecule has 110 valence electrons. The van der Waals surface area contributed by atoms with Gasteiger partial charge in [-0.2, -0.15) is 0 Å². The molecule has 19 heavy (non-hydrogen) atoms. The molecule has 1 saturated heterocycles. The molecule has 1 heterocycles. The Bertz CT molecular complexity index is 290. The number of carbonyl (C=O) groups excluding carboxylic acids is 2. The van der Waals surface area contributed by atoms with Crippen molar-refractivity contribution in [3.63, 3.8) is 0 Å². The molecule has 6 nitrogen and oxygen atoms in total. The van der Waals surface area contributed by atoms with E-state index in [0.717, 1.165) is 12.8 Å². The number of hydrogen-bond acceptors (Lipinski definition) is 4. The zero-order valence-corrected chi connectivity index (χ0v) is 11.8. The second kappa shape index (κ2) is 8.87. The highest BCUT2D eigenvalue weighted by molar-refractivity contribution is 5.78. The minimum Gasteiger partial charge on any atom is -0.383 e. The van der Waals surface area contributed by atoms with Crippen molar-refractivity contribution in [2.24, 2.45) is 5.92 Å². The fourth-order valence-corrected chi connectivity index (χ4v) is 2.05. The third kappa shape index (κ3) is 6.02. The average molecular weight is 272 g/mol. The van der Waals surface area contributed by atoms with E-state index in [1.807, 2.05) is 0 Å². The molecule has 0 aromatic heterocycles. The lowest BCUT2D eigenvalue weighted by molar-refractivity contribution is -0.131. The van der Waals surface area contributed by atoms with E-state index < -0.39 is 0 Å². The van der Waals surface area contributed by atoms with Crippen LogP contribution in [-0.2, 0) is 19.1 Å². The van der Waals surface area contributed by atoms with Gasteiger partial charge in [0.2, 0.25) is 11.8 Å². The van der Waals surface area contributed by atoms with Gasteiger partial charge in [-0.1, -0.05) is 0 Å². The molecule has 0 aromatic rings. The second-order valence-corrected chi connectivity index (χ2v) is 4.68. The van der Waals surface area contributed by atoms with Crippen LogP contribution < -0.4 is 5.32 Å². The van der Waals surface area contributed by atoms with Crippen LogP contribution in [0.15, 0.2) is 0 Å². The standard InChI is InChI=1S/C13H24N2O4/c1-11(16)15(7-10-18-2)6-5-14-13(17)12-3-8-19-9-4-12/h12H,3-10H2,1-2H3,(H,14,17). The normalized spacial score (nSPS) is 16.1. The fourth-order valence-electron chi connectivity index (χ4n) is 2.05. The molecule has 2 amide bonds. The second-order valence-electron chi connectivity index (χ2n) is 4.68. The monoisotopic (exact) mass is 272 g/mol. The SMILES string of the molecule is COCCN(CCNC(=O)C1CCOCC1)C(C)=O. The first-order valence-electron chi connectivity index (χ1n) is 6.75. The van der Waals surface area contributed by atoms with Crippen LogP contribution in [0.2, 0.25) is 0 Å². The van der Waals surface area contributed by atoms with Crippen LogP contribution in [0.5, 0.6) is 0 Å². The summed E-state index contributed by atoms with van der Waals surface area (Å²) >= 11 is 0. The zero-order chi connectivity index (χ0) is 14.1. The molecule has 1 fully saturated rings. The van der Waals surface area contributed by atoms with E-state index in [2.05, 4.69) is 5.32 Å². The van der Waals surface area contributed by atoms with Crippen LogP contribution >= 0.6 is 0 Å². The Kier molecular flexibility index (Phi) is 7.43. The van der Waals surface area contributed by atoms with Gasteiger partial charge in [0.15, 0.2) is 0 Å². The molecule has 1 aliphatic rings. The predicted octanol–water partition coefficient (Wildman–Crippen LogP) is 0.0241. The molecule has 0 aliphatic carbocycles. The van der Waals surface area contributed by atoms with Crippen LogP contribution in [-0.4, -0.2) is 63.3 Å². The maximum atomic E-state index is 11.9. The molecular weight excluding hydrogens is 248 g/mol. The molecule has 0 atom stereocenters. The van der Waals surface area contributed by atoms with Gasteiger partial charge in [-0.3, -0.25) is 9.59 Å². The lowest BCUT2D eigenvalue weighted by Crippen LogP contribution is -2.41. The van der Waals surface area contributed by atoms with E-state index >= 15 is 0 Å². The van der Waals surface area contributed by atoms with Gasteiger partial charge >= 0.3 is 0 Å². The zero-order valence-electron chi connectivity index (χ0n) is 11.8. The number of nitrogens with zero attached hydrogens (tertiary/aromatic N) is 1. The van der Waals surface area contributed by atoms with Crippen molar-refractivity contribution >= 4 is 11.8 Å². The van der Waals surface area contributed by atoms with Crippen molar-refractivity contribution in [1.29, 1.82) is 0 Å². The number of methoxy groups -OCH3 is 1. The number of ether oxygens (including phenoxy) is 2. The molecule has 6 heteroatoms. The fraction of sp³-hybridized carbons (Fsp3) is 0.846. The summed E-state index contributed by atoms with van der Waals surface area (Å²) in [5, 5.41) is 2.88. The highest BCUT2D eigenvalue weighted by Crippen LogP contribution is 2.14. The largest absolute Gasteiger partial charge is 0.383 e. The number of nitrogens with one attached hydrogen (secondary N) is 1. The lowest BCUT2D eigenvalue weighted by atomic mass is 9.99. The Hall–Kier alpha value is -1.14. The van der Waals surface area contributed by atoms with Crippen molar-refractivity contribution in [3.05, 3.63) is 0 Å². The quantitative estimate of drug-likeness (QED) is 0.709. The van der Waals surface area contributed by atoms with Gasteiger partial charge in [-0.05, 0) is 12.8 Å². The lowest BCUT2D eigenvalue weighted by Gasteiger charge is -2.23. The van der Waals surface area contributed by atoms with Gasteiger partial charge in [0.05, 0.1) is 6.61 Å². The Morgan fingerprint density at radius 2 is 2.00 bits per heavy atom. The first-order chi connectivity index (χ1) is 9.15. The van der Waals surface area contributed by atoms with Crippen molar-refractivity contribution in [3.8, 4) is 0 Å². The predicted molar refractivity (Wildman–Crippen MR) is 70.7 cm³/mol. The Balaban J connectivity index is 2.22. The van der Waals surface area contributed by atoms with Crippen LogP contribution in [0.3, 0.4) is 0 Å². The van der Waals surface area contributed by atoms with Crippen LogP contribution in [0.4, 0.5) is 0 Å². The van der Waals surface area contributed by atoms with E-state index in [1.54, 1.807) is 12.0 Å². The summed E-state index contributed by atoms with van der Waals surface area (Å²) in [4.78, 5) is 24.9. The number of carbonyl (C=O) groups is 2. The van der Waals surface area contributed by atoms with Gasteiger partial charge in [0, 0.05) is 52.8 Å². The first-order valence-corrected chi connectivity index (χ1v) is 6.75. The van der Waals surface area contributed by atoms with Crippen LogP contribution in [0.1, 0.15) is 19.8 Å². The van der Waals surface area contributed by atoms with E-state index in [1.165, 1.54) is 6.92 Å². The smallest absolute Gasteiger partial charge is 0.223 e. The third-order valence-electron chi connectivity index (χ3n) is 3.28. The molecule has 1 aliphatic heterocycles. The van der Waals surface area contributed by atoms with E-state index in [-0.39, 0.29) is 17.7 Å². The van der Waals surface area contributed by atoms with E-state index in [9.17, 15) is 9.59 Å². The van der Waals surface area contributed by atoms with Gasteiger partial charge < -0.3 is 19.7 Å². The van der Waals surface area contributed by atoms with Crippen molar-refractivity contribution in [2.45, 2.75) is 19.8 Å². The number of rotatable bonds is 7. The summed E-state index contributed by atoms with van der Waals surface area (Å²) in [7, 11) is 1.60. The molecule has 1 rings (SSSR count). The molecule has 1 N–H and O–H groups in total. The van der Waals surface area contributed by atoms with Gasteiger partial charge in [0.25, 0.3) is 0 Å². The van der Waals surface area contributed by atoms with Crippen LogP contribution in [0, 0.1) is 5.92 Å². The van der Waals surface area contributed by atoms with Crippen molar-refractivity contribution in [1.82, 2.24) is 10.2 Å².